The highest BCUT2D eigenvalue weighted by atomic mass is 32.2. The lowest BCUT2D eigenvalue weighted by Crippen LogP contribution is -2.26. The molecule has 3 heterocycles. The van der Waals surface area contributed by atoms with E-state index in [4.69, 9.17) is 0 Å². The lowest BCUT2D eigenvalue weighted by atomic mass is 10.1. The Morgan fingerprint density at radius 3 is 2.73 bits per heavy atom. The Hall–Kier alpha value is -1.93. The first-order valence-electron chi connectivity index (χ1n) is 8.44. The monoisotopic (exact) mass is 389 g/mol. The lowest BCUT2D eigenvalue weighted by molar-refractivity contribution is -0.130. The maximum absolute atomic E-state index is 12.6. The maximum Gasteiger partial charge on any atom is 0.253 e. The van der Waals surface area contributed by atoms with E-state index in [2.05, 4.69) is 33.4 Å². The van der Waals surface area contributed by atoms with Crippen molar-refractivity contribution in [2.75, 3.05) is 13.3 Å². The Morgan fingerprint density at radius 1 is 1.31 bits per heavy atom. The van der Waals surface area contributed by atoms with Crippen molar-refractivity contribution in [1.82, 2.24) is 24.5 Å². The van der Waals surface area contributed by atoms with Gasteiger partial charge in [-0.3, -0.25) is 4.79 Å². The zero-order chi connectivity index (χ0) is 18.8. The van der Waals surface area contributed by atoms with Crippen LogP contribution in [0.2, 0.25) is 0 Å². The number of hydrogen-bond donors (Lipinski definition) is 0. The third-order valence-corrected chi connectivity index (χ3v) is 6.12. The molecular weight excluding hydrogens is 366 g/mol. The van der Waals surface area contributed by atoms with E-state index < -0.39 is 0 Å². The van der Waals surface area contributed by atoms with Gasteiger partial charge in [0.05, 0.1) is 6.54 Å². The van der Waals surface area contributed by atoms with Gasteiger partial charge in [-0.05, 0) is 56.0 Å². The van der Waals surface area contributed by atoms with Crippen LogP contribution >= 0.6 is 23.1 Å². The van der Waals surface area contributed by atoms with Crippen molar-refractivity contribution >= 4 is 34.8 Å². The van der Waals surface area contributed by atoms with Crippen LogP contribution in [0, 0.1) is 20.8 Å². The Kier molecular flexibility index (Phi) is 5.62. The van der Waals surface area contributed by atoms with Crippen LogP contribution in [0.3, 0.4) is 0 Å². The summed E-state index contributed by atoms with van der Waals surface area (Å²) in [5, 5.41) is 7.24. The van der Waals surface area contributed by atoms with E-state index in [1.54, 1.807) is 20.8 Å². The van der Waals surface area contributed by atoms with Crippen LogP contribution in [-0.4, -0.2) is 43.7 Å². The second-order valence-electron chi connectivity index (χ2n) is 6.35. The first kappa shape index (κ1) is 18.8. The Bertz CT molecular complexity index is 947. The molecule has 6 nitrogen and oxygen atoms in total. The summed E-state index contributed by atoms with van der Waals surface area (Å²) < 4.78 is 1.78. The van der Waals surface area contributed by atoms with Gasteiger partial charge in [0, 0.05) is 29.7 Å². The molecule has 0 radical (unpaired) electrons. The fourth-order valence-electron chi connectivity index (χ4n) is 2.93. The number of nitrogens with zero attached hydrogens (tertiary/aromatic N) is 5. The molecule has 0 aliphatic heterocycles. The molecule has 138 valence electrons. The van der Waals surface area contributed by atoms with Gasteiger partial charge in [-0.1, -0.05) is 11.8 Å². The molecule has 0 N–H and O–H groups in total. The molecule has 3 aromatic heterocycles. The van der Waals surface area contributed by atoms with E-state index in [9.17, 15) is 4.79 Å². The molecule has 0 aliphatic rings. The number of aryl methyl sites for hydroxylation is 3. The van der Waals surface area contributed by atoms with Gasteiger partial charge in [0.2, 0.25) is 11.1 Å². The molecule has 0 bridgehead atoms. The molecule has 3 aromatic rings. The Morgan fingerprint density at radius 2 is 2.08 bits per heavy atom. The second kappa shape index (κ2) is 7.75. The van der Waals surface area contributed by atoms with E-state index in [-0.39, 0.29) is 5.91 Å². The minimum atomic E-state index is 0.139. The van der Waals surface area contributed by atoms with Gasteiger partial charge in [-0.2, -0.15) is 4.98 Å². The molecule has 0 unspecified atom stereocenters. The van der Waals surface area contributed by atoms with Crippen molar-refractivity contribution in [1.29, 1.82) is 0 Å². The van der Waals surface area contributed by atoms with Crippen LogP contribution in [0.25, 0.3) is 5.78 Å². The van der Waals surface area contributed by atoms with Gasteiger partial charge in [0.25, 0.3) is 5.78 Å². The number of fused-ring (bicyclic) bond motifs is 1. The third kappa shape index (κ3) is 3.76. The van der Waals surface area contributed by atoms with Crippen LogP contribution in [0.1, 0.15) is 33.8 Å². The minimum Gasteiger partial charge on any atom is -0.341 e. The van der Waals surface area contributed by atoms with Crippen molar-refractivity contribution < 1.29 is 4.79 Å². The van der Waals surface area contributed by atoms with E-state index in [0.29, 0.717) is 30.3 Å². The van der Waals surface area contributed by atoms with Crippen molar-refractivity contribution in [3.05, 3.63) is 38.8 Å². The van der Waals surface area contributed by atoms with E-state index >= 15 is 0 Å². The topological polar surface area (TPSA) is 63.4 Å². The highest BCUT2D eigenvalue weighted by molar-refractivity contribution is 7.98. The molecule has 3 rings (SSSR count). The minimum absolute atomic E-state index is 0.139. The molecule has 0 aliphatic carbocycles. The highest BCUT2D eigenvalue weighted by Gasteiger charge is 2.16. The van der Waals surface area contributed by atoms with E-state index in [1.807, 2.05) is 27.2 Å². The fraction of sp³-hybridized carbons (Fsp3) is 0.444. The lowest BCUT2D eigenvalue weighted by Gasteiger charge is -2.17. The average Bonchev–Trinajstić information content (AvgIpc) is 3.20. The molecule has 0 saturated heterocycles. The van der Waals surface area contributed by atoms with Gasteiger partial charge in [-0.15, -0.1) is 16.4 Å². The summed E-state index contributed by atoms with van der Waals surface area (Å²) in [6, 6.07) is 2.09. The third-order valence-electron chi connectivity index (χ3n) is 4.58. The molecule has 8 heteroatoms. The number of carbonyl (C=O) groups is 1. The molecule has 0 aromatic carbocycles. The summed E-state index contributed by atoms with van der Waals surface area (Å²) in [4.78, 5) is 24.6. The number of rotatable bonds is 6. The second-order valence-corrected chi connectivity index (χ2v) is 8.12. The Labute approximate surface area is 161 Å². The van der Waals surface area contributed by atoms with Gasteiger partial charge in [0.15, 0.2) is 0 Å². The molecule has 0 atom stereocenters. The van der Waals surface area contributed by atoms with Gasteiger partial charge in [-0.25, -0.2) is 9.50 Å². The summed E-state index contributed by atoms with van der Waals surface area (Å²) in [5.74, 6) is 0.754. The Balaban J connectivity index is 1.72. The zero-order valence-corrected chi connectivity index (χ0v) is 17.4. The van der Waals surface area contributed by atoms with Crippen LogP contribution in [-0.2, 0) is 17.8 Å². The summed E-state index contributed by atoms with van der Waals surface area (Å²) in [5.41, 5.74) is 4.24. The van der Waals surface area contributed by atoms with Crippen molar-refractivity contribution in [3.8, 4) is 0 Å². The summed E-state index contributed by atoms with van der Waals surface area (Å²) >= 11 is 3.19. The molecule has 26 heavy (non-hydrogen) atoms. The largest absolute Gasteiger partial charge is 0.341 e. The van der Waals surface area contributed by atoms with Crippen LogP contribution < -0.4 is 0 Å². The predicted octanol–water partition coefficient (Wildman–Crippen LogP) is 3.42. The number of carbonyl (C=O) groups excluding carboxylic acids is 1. The average molecular weight is 390 g/mol. The number of hydrogen-bond acceptors (Lipinski definition) is 6. The zero-order valence-electron chi connectivity index (χ0n) is 15.7. The number of thioether (sulfide) groups is 1. The summed E-state index contributed by atoms with van der Waals surface area (Å²) in [6.45, 7) is 6.73. The van der Waals surface area contributed by atoms with Crippen molar-refractivity contribution in [2.45, 2.75) is 45.3 Å². The van der Waals surface area contributed by atoms with Gasteiger partial charge >= 0.3 is 0 Å². The summed E-state index contributed by atoms with van der Waals surface area (Å²) in [7, 11) is 1.87. The van der Waals surface area contributed by atoms with E-state index in [0.717, 1.165) is 17.0 Å². The van der Waals surface area contributed by atoms with E-state index in [1.165, 1.54) is 22.2 Å². The normalized spacial score (nSPS) is 11.3. The molecule has 0 saturated carbocycles. The molecule has 1 amide bonds. The maximum atomic E-state index is 12.6. The predicted molar refractivity (Wildman–Crippen MR) is 106 cm³/mol. The van der Waals surface area contributed by atoms with Crippen LogP contribution in [0.4, 0.5) is 0 Å². The van der Waals surface area contributed by atoms with Gasteiger partial charge in [0.1, 0.15) is 0 Å². The van der Waals surface area contributed by atoms with Crippen molar-refractivity contribution in [2.24, 2.45) is 0 Å². The SMILES string of the molecule is CSc1nc2nc(C)c(CCC(=O)N(C)Cc3sccc3C)c(C)n2n1. The van der Waals surface area contributed by atoms with Crippen LogP contribution in [0.5, 0.6) is 0 Å². The molecular formula is C18H23N5OS2. The molecule has 0 spiro atoms. The quantitative estimate of drug-likeness (QED) is 0.605. The number of thiophene rings is 1. The standard InChI is InChI=1S/C18H23N5OS2/c1-11-8-9-26-15(11)10-22(4)16(24)7-6-14-12(2)19-17-20-18(25-5)21-23(17)13(14)3/h8-9H,6-7,10H2,1-5H3. The summed E-state index contributed by atoms with van der Waals surface area (Å²) in [6.07, 6.45) is 3.06. The smallest absolute Gasteiger partial charge is 0.253 e. The first-order valence-corrected chi connectivity index (χ1v) is 10.5. The van der Waals surface area contributed by atoms with Gasteiger partial charge < -0.3 is 4.90 Å². The van der Waals surface area contributed by atoms with Crippen molar-refractivity contribution in [3.63, 3.8) is 0 Å². The highest BCUT2D eigenvalue weighted by Crippen LogP contribution is 2.20. The number of aromatic nitrogens is 4. The fourth-order valence-corrected chi connectivity index (χ4v) is 4.23. The first-order chi connectivity index (χ1) is 12.4. The molecule has 0 fully saturated rings. The van der Waals surface area contributed by atoms with Crippen LogP contribution in [0.15, 0.2) is 16.6 Å². The number of amides is 1.